The molecule has 0 amide bonds. The lowest BCUT2D eigenvalue weighted by Crippen LogP contribution is -2.20. The van der Waals surface area contributed by atoms with Gasteiger partial charge in [-0.25, -0.2) is 0 Å². The first-order valence-corrected chi connectivity index (χ1v) is 4.82. The number of benzene rings is 1. The molecular weight excluding hydrogens is 221 g/mol. The quantitative estimate of drug-likeness (QED) is 0.841. The standard InChI is InChI=1S/C11H13F3O2/c1-7(10(16)6-15)8-2-4-9(5-3-8)11(12,13)14/h2-5,7,10,15-16H,6H2,1H3/t7-,10+/m1/s1. The molecule has 1 aromatic carbocycles. The van der Waals surface area contributed by atoms with Crippen LogP contribution >= 0.6 is 0 Å². The molecule has 0 unspecified atom stereocenters. The Bertz CT molecular complexity index is 332. The third-order valence-corrected chi connectivity index (χ3v) is 2.53. The fourth-order valence-corrected chi connectivity index (χ4v) is 1.36. The number of rotatable bonds is 3. The first-order chi connectivity index (χ1) is 7.36. The molecule has 0 spiro atoms. The maximum atomic E-state index is 12.3. The molecule has 0 bridgehead atoms. The molecule has 1 rings (SSSR count). The van der Waals surface area contributed by atoms with Crippen LogP contribution in [0, 0.1) is 0 Å². The van der Waals surface area contributed by atoms with E-state index >= 15 is 0 Å². The van der Waals surface area contributed by atoms with Crippen LogP contribution in [0.3, 0.4) is 0 Å². The molecule has 0 aliphatic rings. The summed E-state index contributed by atoms with van der Waals surface area (Å²) in [6.07, 6.45) is -5.31. The van der Waals surface area contributed by atoms with Gasteiger partial charge >= 0.3 is 6.18 Å². The molecule has 2 atom stereocenters. The summed E-state index contributed by atoms with van der Waals surface area (Å²) in [5.74, 6) is -0.396. The Morgan fingerprint density at radius 3 is 2.06 bits per heavy atom. The lowest BCUT2D eigenvalue weighted by atomic mass is 9.95. The van der Waals surface area contributed by atoms with E-state index in [-0.39, 0.29) is 0 Å². The van der Waals surface area contributed by atoms with Crippen molar-refractivity contribution in [2.75, 3.05) is 6.61 Å². The second-order valence-electron chi connectivity index (χ2n) is 3.66. The molecule has 90 valence electrons. The average molecular weight is 234 g/mol. The first kappa shape index (κ1) is 13.0. The molecule has 0 saturated carbocycles. The largest absolute Gasteiger partial charge is 0.416 e. The predicted molar refractivity (Wildman–Crippen MR) is 53.0 cm³/mol. The zero-order chi connectivity index (χ0) is 12.3. The monoisotopic (exact) mass is 234 g/mol. The van der Waals surface area contributed by atoms with Gasteiger partial charge in [0.2, 0.25) is 0 Å². The second kappa shape index (κ2) is 4.84. The number of aliphatic hydroxyl groups excluding tert-OH is 2. The Balaban J connectivity index is 2.87. The highest BCUT2D eigenvalue weighted by Crippen LogP contribution is 2.30. The van der Waals surface area contributed by atoms with E-state index in [1.807, 2.05) is 0 Å². The fraction of sp³-hybridized carbons (Fsp3) is 0.455. The molecule has 0 saturated heterocycles. The fourth-order valence-electron chi connectivity index (χ4n) is 1.36. The number of hydrogen-bond acceptors (Lipinski definition) is 2. The molecule has 0 radical (unpaired) electrons. The lowest BCUT2D eigenvalue weighted by Gasteiger charge is -2.17. The normalized spacial score (nSPS) is 15.9. The van der Waals surface area contributed by atoms with Crippen molar-refractivity contribution < 1.29 is 23.4 Å². The van der Waals surface area contributed by atoms with Crippen LogP contribution in [0.2, 0.25) is 0 Å². The van der Waals surface area contributed by atoms with Crippen molar-refractivity contribution in [2.45, 2.75) is 25.1 Å². The van der Waals surface area contributed by atoms with Gasteiger partial charge in [0, 0.05) is 5.92 Å². The van der Waals surface area contributed by atoms with Gasteiger partial charge in [-0.2, -0.15) is 13.2 Å². The van der Waals surface area contributed by atoms with Crippen molar-refractivity contribution in [3.8, 4) is 0 Å². The maximum Gasteiger partial charge on any atom is 0.416 e. The van der Waals surface area contributed by atoms with Gasteiger partial charge in [0.05, 0.1) is 18.3 Å². The van der Waals surface area contributed by atoms with Gasteiger partial charge in [-0.3, -0.25) is 0 Å². The zero-order valence-electron chi connectivity index (χ0n) is 8.70. The Labute approximate surface area is 91.3 Å². The molecule has 0 aromatic heterocycles. The van der Waals surface area contributed by atoms with Gasteiger partial charge in [-0.15, -0.1) is 0 Å². The van der Waals surface area contributed by atoms with Crippen LogP contribution < -0.4 is 0 Å². The van der Waals surface area contributed by atoms with Gasteiger partial charge in [0.15, 0.2) is 0 Å². The highest BCUT2D eigenvalue weighted by Gasteiger charge is 2.30. The van der Waals surface area contributed by atoms with Gasteiger partial charge < -0.3 is 10.2 Å². The molecule has 0 fully saturated rings. The smallest absolute Gasteiger partial charge is 0.394 e. The number of hydrogen-bond donors (Lipinski definition) is 2. The van der Waals surface area contributed by atoms with Crippen molar-refractivity contribution >= 4 is 0 Å². The third kappa shape index (κ3) is 2.96. The predicted octanol–water partition coefficient (Wildman–Crippen LogP) is 2.16. The van der Waals surface area contributed by atoms with E-state index < -0.39 is 30.4 Å². The summed E-state index contributed by atoms with van der Waals surface area (Å²) in [7, 11) is 0. The van der Waals surface area contributed by atoms with E-state index in [0.717, 1.165) is 12.1 Å². The van der Waals surface area contributed by atoms with E-state index in [1.165, 1.54) is 12.1 Å². The lowest BCUT2D eigenvalue weighted by molar-refractivity contribution is -0.137. The molecule has 1 aromatic rings. The summed E-state index contributed by atoms with van der Waals surface area (Å²) in [5, 5.41) is 18.1. The summed E-state index contributed by atoms with van der Waals surface area (Å²) in [4.78, 5) is 0. The molecular formula is C11H13F3O2. The Kier molecular flexibility index (Phi) is 3.93. The molecule has 0 aliphatic carbocycles. The van der Waals surface area contributed by atoms with E-state index in [1.54, 1.807) is 6.92 Å². The number of aliphatic hydroxyl groups is 2. The summed E-state index contributed by atoms with van der Waals surface area (Å²) >= 11 is 0. The second-order valence-corrected chi connectivity index (χ2v) is 3.66. The maximum absolute atomic E-state index is 12.3. The van der Waals surface area contributed by atoms with Crippen LogP contribution in [0.5, 0.6) is 0 Å². The average Bonchev–Trinajstić information content (AvgIpc) is 2.26. The summed E-state index contributed by atoms with van der Waals surface area (Å²) in [6.45, 7) is 1.23. The van der Waals surface area contributed by atoms with Crippen LogP contribution in [0.25, 0.3) is 0 Å². The summed E-state index contributed by atoms with van der Waals surface area (Å²) in [5.41, 5.74) is -0.156. The number of alkyl halides is 3. The van der Waals surface area contributed by atoms with Gasteiger partial charge in [0.1, 0.15) is 0 Å². The molecule has 2 N–H and O–H groups in total. The third-order valence-electron chi connectivity index (χ3n) is 2.53. The SMILES string of the molecule is C[C@H](c1ccc(C(F)(F)F)cc1)[C@@H](O)CO. The van der Waals surface area contributed by atoms with Gasteiger partial charge in [0.25, 0.3) is 0 Å². The molecule has 2 nitrogen and oxygen atoms in total. The van der Waals surface area contributed by atoms with E-state index in [4.69, 9.17) is 5.11 Å². The Hall–Kier alpha value is -1.07. The van der Waals surface area contributed by atoms with Gasteiger partial charge in [-0.05, 0) is 17.7 Å². The van der Waals surface area contributed by atoms with Crippen LogP contribution in [-0.2, 0) is 6.18 Å². The molecule has 16 heavy (non-hydrogen) atoms. The highest BCUT2D eigenvalue weighted by atomic mass is 19.4. The first-order valence-electron chi connectivity index (χ1n) is 4.82. The zero-order valence-corrected chi connectivity index (χ0v) is 8.70. The molecule has 0 aliphatic heterocycles. The van der Waals surface area contributed by atoms with Crippen molar-refractivity contribution in [3.63, 3.8) is 0 Å². The molecule has 5 heteroatoms. The minimum absolute atomic E-state index is 0.396. The minimum Gasteiger partial charge on any atom is -0.394 e. The van der Waals surface area contributed by atoms with E-state index in [9.17, 15) is 18.3 Å². The summed E-state index contributed by atoms with van der Waals surface area (Å²) < 4.78 is 36.8. The van der Waals surface area contributed by atoms with Crippen molar-refractivity contribution in [1.29, 1.82) is 0 Å². The van der Waals surface area contributed by atoms with Crippen LogP contribution in [0.15, 0.2) is 24.3 Å². The summed E-state index contributed by atoms with van der Waals surface area (Å²) in [6, 6.07) is 4.56. The van der Waals surface area contributed by atoms with Crippen LogP contribution in [-0.4, -0.2) is 22.9 Å². The van der Waals surface area contributed by atoms with Crippen molar-refractivity contribution in [3.05, 3.63) is 35.4 Å². The Morgan fingerprint density at radius 2 is 1.69 bits per heavy atom. The highest BCUT2D eigenvalue weighted by molar-refractivity contribution is 5.27. The topological polar surface area (TPSA) is 40.5 Å². The van der Waals surface area contributed by atoms with Gasteiger partial charge in [-0.1, -0.05) is 19.1 Å². The Morgan fingerprint density at radius 1 is 1.19 bits per heavy atom. The minimum atomic E-state index is -4.35. The van der Waals surface area contributed by atoms with Crippen LogP contribution in [0.1, 0.15) is 24.0 Å². The number of halogens is 3. The van der Waals surface area contributed by atoms with Crippen molar-refractivity contribution in [1.82, 2.24) is 0 Å². The van der Waals surface area contributed by atoms with Crippen molar-refractivity contribution in [2.24, 2.45) is 0 Å². The van der Waals surface area contributed by atoms with E-state index in [2.05, 4.69) is 0 Å². The molecule has 0 heterocycles. The van der Waals surface area contributed by atoms with E-state index in [0.29, 0.717) is 5.56 Å². The van der Waals surface area contributed by atoms with Crippen LogP contribution in [0.4, 0.5) is 13.2 Å².